The molecule has 1 atom stereocenters. The van der Waals surface area contributed by atoms with Gasteiger partial charge in [-0.25, -0.2) is 0 Å². The summed E-state index contributed by atoms with van der Waals surface area (Å²) in [6, 6.07) is 0. The average Bonchev–Trinajstić information content (AvgIpc) is 2.23. The number of hydrogen-bond acceptors (Lipinski definition) is 0. The first-order chi connectivity index (χ1) is 8.14. The molecule has 0 radical (unpaired) electrons. The van der Waals surface area contributed by atoms with E-state index in [4.69, 9.17) is 0 Å². The molecule has 0 aromatic carbocycles. The molecule has 0 aliphatic carbocycles. The van der Waals surface area contributed by atoms with Gasteiger partial charge in [0.05, 0.1) is 0 Å². The van der Waals surface area contributed by atoms with Gasteiger partial charge in [0.1, 0.15) is 0 Å². The highest BCUT2D eigenvalue weighted by atomic mass is 14.3. The minimum Gasteiger partial charge on any atom is -0.0796 e. The van der Waals surface area contributed by atoms with E-state index < -0.39 is 0 Å². The molecule has 0 aromatic rings. The van der Waals surface area contributed by atoms with Gasteiger partial charge in [-0.15, -0.1) is 0 Å². The molecule has 0 spiro atoms. The van der Waals surface area contributed by atoms with Crippen LogP contribution >= 0.6 is 0 Å². The zero-order chi connectivity index (χ0) is 14.4. The van der Waals surface area contributed by atoms with Gasteiger partial charge in [0.25, 0.3) is 0 Å². The predicted molar refractivity (Wildman–Crippen MR) is 84.9 cm³/mol. The maximum atomic E-state index is 2.52. The van der Waals surface area contributed by atoms with E-state index in [1.807, 2.05) is 0 Å². The van der Waals surface area contributed by atoms with E-state index in [0.29, 0.717) is 16.7 Å². The molecule has 0 saturated heterocycles. The van der Waals surface area contributed by atoms with Crippen LogP contribution in [0.25, 0.3) is 0 Å². The number of unbranched alkanes of at least 4 members (excludes halogenated alkanes) is 1. The molecule has 0 aliphatic rings. The Hall–Kier alpha value is -0.260. The van der Waals surface area contributed by atoms with Gasteiger partial charge in [0.15, 0.2) is 0 Å². The summed E-state index contributed by atoms with van der Waals surface area (Å²) in [5.74, 6) is 0.697. The highest BCUT2D eigenvalue weighted by molar-refractivity contribution is 5.12. The van der Waals surface area contributed by atoms with Crippen LogP contribution in [0.3, 0.4) is 0 Å². The Morgan fingerprint density at radius 3 is 1.94 bits per heavy atom. The topological polar surface area (TPSA) is 0 Å². The lowest BCUT2D eigenvalue weighted by molar-refractivity contribution is 0.230. The van der Waals surface area contributed by atoms with Crippen LogP contribution < -0.4 is 0 Å². The van der Waals surface area contributed by atoms with Gasteiger partial charge >= 0.3 is 0 Å². The molecule has 0 fully saturated rings. The van der Waals surface area contributed by atoms with Crippen molar-refractivity contribution in [2.75, 3.05) is 0 Å². The molecule has 108 valence electrons. The van der Waals surface area contributed by atoms with Crippen molar-refractivity contribution in [2.24, 2.45) is 16.7 Å². The molecule has 0 nitrogen and oxygen atoms in total. The summed E-state index contributed by atoms with van der Waals surface area (Å²) in [5, 5.41) is 0. The Bertz CT molecular complexity index is 250. The van der Waals surface area contributed by atoms with Crippen LogP contribution in [0.2, 0.25) is 0 Å². The fourth-order valence-electron chi connectivity index (χ4n) is 2.61. The van der Waals surface area contributed by atoms with Crippen molar-refractivity contribution >= 4 is 0 Å². The first-order valence-electron chi connectivity index (χ1n) is 7.85. The average molecular weight is 252 g/mol. The molecule has 0 N–H and O–H groups in total. The summed E-state index contributed by atoms with van der Waals surface area (Å²) in [5.41, 5.74) is 2.41. The van der Waals surface area contributed by atoms with Gasteiger partial charge in [-0.05, 0) is 29.6 Å². The van der Waals surface area contributed by atoms with Gasteiger partial charge in [0, 0.05) is 0 Å². The SMILES string of the molecule is CCCCC(C)(C)C(C)/C(=C/C(C)(C)C)CCC. The van der Waals surface area contributed by atoms with Crippen LogP contribution in [0.5, 0.6) is 0 Å². The van der Waals surface area contributed by atoms with E-state index >= 15 is 0 Å². The van der Waals surface area contributed by atoms with Crippen LogP contribution in [0.4, 0.5) is 0 Å². The Balaban J connectivity index is 4.96. The minimum absolute atomic E-state index is 0.305. The first-order valence-corrected chi connectivity index (χ1v) is 7.85. The fraction of sp³-hybridized carbons (Fsp3) is 0.889. The van der Waals surface area contributed by atoms with Crippen molar-refractivity contribution in [3.63, 3.8) is 0 Å². The fourth-order valence-corrected chi connectivity index (χ4v) is 2.61. The van der Waals surface area contributed by atoms with Crippen molar-refractivity contribution in [3.8, 4) is 0 Å². The second-order valence-corrected chi connectivity index (χ2v) is 7.65. The monoisotopic (exact) mass is 252 g/mol. The van der Waals surface area contributed by atoms with Gasteiger partial charge in [-0.2, -0.15) is 0 Å². The summed E-state index contributed by atoms with van der Waals surface area (Å²) in [4.78, 5) is 0. The standard InChI is InChI=1S/C18H36/c1-9-11-13-18(7,8)15(3)16(12-10-2)14-17(4,5)6/h14-15H,9-13H2,1-8H3/b16-14+. The highest BCUT2D eigenvalue weighted by Gasteiger charge is 2.28. The second-order valence-electron chi connectivity index (χ2n) is 7.65. The van der Waals surface area contributed by atoms with E-state index in [9.17, 15) is 0 Å². The van der Waals surface area contributed by atoms with E-state index in [2.05, 4.69) is 61.5 Å². The smallest absolute Gasteiger partial charge is 0.0180 e. The normalized spacial score (nSPS) is 15.9. The molecule has 0 heteroatoms. The van der Waals surface area contributed by atoms with Crippen LogP contribution in [0.15, 0.2) is 11.6 Å². The molecule has 0 rings (SSSR count). The summed E-state index contributed by atoms with van der Waals surface area (Å²) in [6.07, 6.45) is 9.04. The zero-order valence-electron chi connectivity index (χ0n) is 14.2. The van der Waals surface area contributed by atoms with E-state index in [1.54, 1.807) is 5.57 Å². The third-order valence-corrected chi connectivity index (χ3v) is 4.06. The number of hydrogen-bond donors (Lipinski definition) is 0. The lowest BCUT2D eigenvalue weighted by Gasteiger charge is -2.35. The van der Waals surface area contributed by atoms with E-state index in [0.717, 1.165) is 0 Å². The van der Waals surface area contributed by atoms with E-state index in [-0.39, 0.29) is 0 Å². The van der Waals surface area contributed by atoms with Crippen LogP contribution in [0, 0.1) is 16.7 Å². The zero-order valence-corrected chi connectivity index (χ0v) is 14.2. The maximum absolute atomic E-state index is 2.52. The van der Waals surface area contributed by atoms with Crippen LogP contribution in [0.1, 0.15) is 87.5 Å². The van der Waals surface area contributed by atoms with Crippen LogP contribution in [-0.2, 0) is 0 Å². The highest BCUT2D eigenvalue weighted by Crippen LogP contribution is 2.39. The van der Waals surface area contributed by atoms with Crippen molar-refractivity contribution < 1.29 is 0 Å². The van der Waals surface area contributed by atoms with Crippen molar-refractivity contribution in [2.45, 2.75) is 87.5 Å². The third-order valence-electron chi connectivity index (χ3n) is 4.06. The molecule has 0 amide bonds. The first kappa shape index (κ1) is 17.7. The van der Waals surface area contributed by atoms with Gasteiger partial charge in [-0.1, -0.05) is 86.3 Å². The Kier molecular flexibility index (Phi) is 7.25. The predicted octanol–water partition coefficient (Wildman–Crippen LogP) is 6.61. The molecular weight excluding hydrogens is 216 g/mol. The van der Waals surface area contributed by atoms with Crippen molar-refractivity contribution in [1.29, 1.82) is 0 Å². The molecule has 0 aliphatic heterocycles. The van der Waals surface area contributed by atoms with Crippen molar-refractivity contribution in [1.82, 2.24) is 0 Å². The van der Waals surface area contributed by atoms with Crippen LogP contribution in [-0.4, -0.2) is 0 Å². The largest absolute Gasteiger partial charge is 0.0796 e. The Morgan fingerprint density at radius 1 is 1.00 bits per heavy atom. The van der Waals surface area contributed by atoms with Gasteiger partial charge < -0.3 is 0 Å². The molecule has 0 saturated carbocycles. The Morgan fingerprint density at radius 2 is 1.56 bits per heavy atom. The molecule has 18 heavy (non-hydrogen) atoms. The maximum Gasteiger partial charge on any atom is -0.0180 e. The molecule has 0 aromatic heterocycles. The van der Waals surface area contributed by atoms with E-state index in [1.165, 1.54) is 32.1 Å². The van der Waals surface area contributed by atoms with Crippen molar-refractivity contribution in [3.05, 3.63) is 11.6 Å². The lowest BCUT2D eigenvalue weighted by atomic mass is 9.70. The minimum atomic E-state index is 0.305. The summed E-state index contributed by atoms with van der Waals surface area (Å²) < 4.78 is 0. The Labute approximate surface area is 116 Å². The van der Waals surface area contributed by atoms with Gasteiger partial charge in [-0.3, -0.25) is 0 Å². The molecule has 0 bridgehead atoms. The summed E-state index contributed by atoms with van der Waals surface area (Å²) >= 11 is 0. The summed E-state index contributed by atoms with van der Waals surface area (Å²) in [7, 11) is 0. The molecule has 0 heterocycles. The number of allylic oxidation sites excluding steroid dienone is 2. The molecular formula is C18H36. The lowest BCUT2D eigenvalue weighted by Crippen LogP contribution is -2.24. The number of rotatable bonds is 7. The molecule has 1 unspecified atom stereocenters. The quantitative estimate of drug-likeness (QED) is 0.447. The summed E-state index contributed by atoms with van der Waals surface area (Å²) in [6.45, 7) is 18.8. The van der Waals surface area contributed by atoms with Gasteiger partial charge in [0.2, 0.25) is 0 Å². The third kappa shape index (κ3) is 6.61. The second kappa shape index (κ2) is 7.36.